The third kappa shape index (κ3) is 1.39. The minimum absolute atomic E-state index is 0.0219. The third-order valence-corrected chi connectivity index (χ3v) is 3.61. The molecule has 1 aliphatic carbocycles. The fraction of sp³-hybridized carbons (Fsp3) is 0.583. The van der Waals surface area contributed by atoms with E-state index in [-0.39, 0.29) is 11.4 Å². The van der Waals surface area contributed by atoms with Crippen LogP contribution in [0.4, 0.5) is 0 Å². The second kappa shape index (κ2) is 3.26. The van der Waals surface area contributed by atoms with Crippen LogP contribution in [0.25, 0.3) is 0 Å². The highest BCUT2D eigenvalue weighted by molar-refractivity contribution is 5.76. The van der Waals surface area contributed by atoms with E-state index in [9.17, 15) is 4.79 Å². The van der Waals surface area contributed by atoms with E-state index >= 15 is 0 Å². The van der Waals surface area contributed by atoms with Gasteiger partial charge in [0.2, 0.25) is 5.91 Å². The second-order valence-corrected chi connectivity index (χ2v) is 4.31. The zero-order valence-corrected chi connectivity index (χ0v) is 9.91. The summed E-state index contributed by atoms with van der Waals surface area (Å²) >= 11 is 0. The average molecular weight is 193 g/mol. The predicted molar refractivity (Wildman–Crippen MR) is 59.0 cm³/mol. The summed E-state index contributed by atoms with van der Waals surface area (Å²) in [6.45, 7) is 12.0. The van der Waals surface area contributed by atoms with Crippen molar-refractivity contribution in [2.24, 2.45) is 0 Å². The molecule has 0 aromatic heterocycles. The van der Waals surface area contributed by atoms with E-state index < -0.39 is 0 Å². The van der Waals surface area contributed by atoms with Crippen LogP contribution in [-0.4, -0.2) is 11.4 Å². The zero-order chi connectivity index (χ0) is 11.1. The van der Waals surface area contributed by atoms with E-state index in [2.05, 4.69) is 39.9 Å². The molecule has 0 fully saturated rings. The molecular formula is C12H19NO. The smallest absolute Gasteiger partial charge is 0.217 e. The van der Waals surface area contributed by atoms with Crippen LogP contribution in [0.5, 0.6) is 0 Å². The maximum Gasteiger partial charge on any atom is 0.217 e. The molecule has 2 nitrogen and oxygen atoms in total. The fourth-order valence-electron chi connectivity index (χ4n) is 2.13. The Morgan fingerprint density at radius 2 is 1.43 bits per heavy atom. The van der Waals surface area contributed by atoms with Gasteiger partial charge in [0.1, 0.15) is 0 Å². The lowest BCUT2D eigenvalue weighted by Gasteiger charge is -2.29. The molecule has 0 unspecified atom stereocenters. The number of rotatable bonds is 1. The number of hydrogen-bond donors (Lipinski definition) is 1. The van der Waals surface area contributed by atoms with Gasteiger partial charge in [-0.25, -0.2) is 0 Å². The van der Waals surface area contributed by atoms with Crippen LogP contribution in [0, 0.1) is 0 Å². The Kier molecular flexibility index (Phi) is 2.57. The van der Waals surface area contributed by atoms with Gasteiger partial charge in [0.25, 0.3) is 0 Å². The molecule has 1 rings (SSSR count). The summed E-state index contributed by atoms with van der Waals surface area (Å²) in [6, 6.07) is 0. The highest BCUT2D eigenvalue weighted by atomic mass is 16.1. The van der Waals surface area contributed by atoms with Gasteiger partial charge in [-0.3, -0.25) is 4.79 Å². The standard InChI is InChI=1S/C12H19NO/c1-7-8(2)10(4)12(6,9(7)3)13-11(5)14/h1-6H3,(H,13,14). The van der Waals surface area contributed by atoms with Crippen molar-refractivity contribution < 1.29 is 4.79 Å². The van der Waals surface area contributed by atoms with Gasteiger partial charge in [-0.15, -0.1) is 0 Å². The highest BCUT2D eigenvalue weighted by Gasteiger charge is 2.36. The van der Waals surface area contributed by atoms with E-state index in [1.165, 1.54) is 22.3 Å². The van der Waals surface area contributed by atoms with Crippen molar-refractivity contribution >= 4 is 5.91 Å². The molecule has 14 heavy (non-hydrogen) atoms. The molecule has 0 aromatic carbocycles. The van der Waals surface area contributed by atoms with Crippen molar-refractivity contribution in [1.82, 2.24) is 5.32 Å². The lowest BCUT2D eigenvalue weighted by Crippen LogP contribution is -2.45. The molecule has 0 heterocycles. The van der Waals surface area contributed by atoms with Crippen LogP contribution >= 0.6 is 0 Å². The van der Waals surface area contributed by atoms with Gasteiger partial charge in [0, 0.05) is 6.92 Å². The lowest BCUT2D eigenvalue weighted by molar-refractivity contribution is -0.120. The Labute approximate surface area is 86.1 Å². The van der Waals surface area contributed by atoms with Crippen LogP contribution in [0.3, 0.4) is 0 Å². The number of nitrogens with one attached hydrogen (secondary N) is 1. The molecule has 1 amide bonds. The molecule has 0 saturated heterocycles. The minimum atomic E-state index is -0.264. The van der Waals surface area contributed by atoms with E-state index in [1.807, 2.05) is 0 Å². The summed E-state index contributed by atoms with van der Waals surface area (Å²) in [7, 11) is 0. The Bertz CT molecular complexity index is 323. The first-order chi connectivity index (χ1) is 6.30. The van der Waals surface area contributed by atoms with Gasteiger partial charge in [-0.2, -0.15) is 0 Å². The molecule has 0 radical (unpaired) electrons. The first kappa shape index (κ1) is 11.0. The first-order valence-corrected chi connectivity index (χ1v) is 4.95. The molecule has 2 heteroatoms. The maximum atomic E-state index is 11.2. The molecule has 0 spiro atoms. The lowest BCUT2D eigenvalue weighted by atomic mass is 9.89. The largest absolute Gasteiger partial charge is 0.344 e. The van der Waals surface area contributed by atoms with E-state index in [0.717, 1.165) is 0 Å². The Morgan fingerprint density at radius 3 is 1.71 bits per heavy atom. The molecule has 0 bridgehead atoms. The van der Waals surface area contributed by atoms with Crippen molar-refractivity contribution in [3.8, 4) is 0 Å². The average Bonchev–Trinajstić information content (AvgIpc) is 2.21. The molecule has 1 aliphatic rings. The first-order valence-electron chi connectivity index (χ1n) is 4.95. The molecule has 0 aliphatic heterocycles. The monoisotopic (exact) mass is 193 g/mol. The maximum absolute atomic E-state index is 11.2. The van der Waals surface area contributed by atoms with Gasteiger partial charge in [-0.1, -0.05) is 0 Å². The molecular weight excluding hydrogens is 174 g/mol. The number of carbonyl (C=O) groups excluding carboxylic acids is 1. The van der Waals surface area contributed by atoms with E-state index in [0.29, 0.717) is 0 Å². The SMILES string of the molecule is CC(=O)NC1(C)C(C)=C(C)C(C)=C1C. The number of carbonyl (C=O) groups is 1. The van der Waals surface area contributed by atoms with Crippen molar-refractivity contribution in [1.29, 1.82) is 0 Å². The zero-order valence-electron chi connectivity index (χ0n) is 9.91. The summed E-state index contributed by atoms with van der Waals surface area (Å²) < 4.78 is 0. The Hall–Kier alpha value is -1.05. The number of amides is 1. The molecule has 0 atom stereocenters. The van der Waals surface area contributed by atoms with Crippen molar-refractivity contribution in [3.63, 3.8) is 0 Å². The van der Waals surface area contributed by atoms with Gasteiger partial charge < -0.3 is 5.32 Å². The van der Waals surface area contributed by atoms with Crippen LogP contribution in [0.15, 0.2) is 22.3 Å². The highest BCUT2D eigenvalue weighted by Crippen LogP contribution is 2.39. The molecule has 0 aromatic rings. The minimum Gasteiger partial charge on any atom is -0.344 e. The second-order valence-electron chi connectivity index (χ2n) is 4.31. The molecule has 0 saturated carbocycles. The van der Waals surface area contributed by atoms with Crippen molar-refractivity contribution in [2.45, 2.75) is 47.1 Å². The van der Waals surface area contributed by atoms with E-state index in [1.54, 1.807) is 6.92 Å². The van der Waals surface area contributed by atoms with Crippen LogP contribution < -0.4 is 5.32 Å². The van der Waals surface area contributed by atoms with Crippen LogP contribution in [0.1, 0.15) is 41.5 Å². The topological polar surface area (TPSA) is 29.1 Å². The number of allylic oxidation sites excluding steroid dienone is 2. The summed E-state index contributed by atoms with van der Waals surface area (Å²) in [5.41, 5.74) is 4.85. The normalized spacial score (nSPS) is 20.4. The van der Waals surface area contributed by atoms with Gasteiger partial charge in [-0.05, 0) is 56.9 Å². The van der Waals surface area contributed by atoms with Gasteiger partial charge >= 0.3 is 0 Å². The summed E-state index contributed by atoms with van der Waals surface area (Å²) in [6.07, 6.45) is 0. The van der Waals surface area contributed by atoms with Crippen LogP contribution in [0.2, 0.25) is 0 Å². The van der Waals surface area contributed by atoms with Gasteiger partial charge in [0.15, 0.2) is 0 Å². The molecule has 1 N–H and O–H groups in total. The fourth-order valence-corrected chi connectivity index (χ4v) is 2.13. The van der Waals surface area contributed by atoms with Crippen molar-refractivity contribution in [2.75, 3.05) is 0 Å². The Balaban J connectivity index is 3.19. The summed E-state index contributed by atoms with van der Waals surface area (Å²) in [4.78, 5) is 11.2. The van der Waals surface area contributed by atoms with Crippen molar-refractivity contribution in [3.05, 3.63) is 22.3 Å². The van der Waals surface area contributed by atoms with Crippen LogP contribution in [-0.2, 0) is 4.79 Å². The number of hydrogen-bond acceptors (Lipinski definition) is 1. The predicted octanol–water partition coefficient (Wildman–Crippen LogP) is 2.57. The molecule has 78 valence electrons. The Morgan fingerprint density at radius 1 is 1.07 bits per heavy atom. The summed E-state index contributed by atoms with van der Waals surface area (Å²) in [5, 5.41) is 3.02. The third-order valence-electron chi connectivity index (χ3n) is 3.61. The van der Waals surface area contributed by atoms with Gasteiger partial charge in [0.05, 0.1) is 5.54 Å². The van der Waals surface area contributed by atoms with E-state index in [4.69, 9.17) is 0 Å². The summed E-state index contributed by atoms with van der Waals surface area (Å²) in [5.74, 6) is 0.0219. The quantitative estimate of drug-likeness (QED) is 0.681.